The fraction of sp³-hybridized carbons (Fsp3) is 0.917. The van der Waals surface area contributed by atoms with Crippen LogP contribution in [0.3, 0.4) is 0 Å². The summed E-state index contributed by atoms with van der Waals surface area (Å²) in [4.78, 5) is 11.1. The first-order chi connectivity index (χ1) is 7.26. The summed E-state index contributed by atoms with van der Waals surface area (Å²) in [6.07, 6.45) is 7.84. The first-order valence-electron chi connectivity index (χ1n) is 5.98. The van der Waals surface area contributed by atoms with Gasteiger partial charge in [-0.1, -0.05) is 26.2 Å². The smallest absolute Gasteiger partial charge is 0.308 e. The van der Waals surface area contributed by atoms with Gasteiger partial charge in [-0.05, 0) is 19.3 Å². The average Bonchev–Trinajstić information content (AvgIpc) is 2.29. The standard InChI is InChI=1S/C12H22O3/c1-3-10(9-12(13)14-2)15-11-7-5-4-6-8-11/h10-11H,3-9H2,1-2H3. The molecule has 0 amide bonds. The molecule has 1 aliphatic rings. The zero-order valence-corrected chi connectivity index (χ0v) is 9.83. The summed E-state index contributed by atoms with van der Waals surface area (Å²) in [6.45, 7) is 2.05. The molecule has 1 saturated carbocycles. The summed E-state index contributed by atoms with van der Waals surface area (Å²) in [6, 6.07) is 0. The minimum absolute atomic E-state index is 0.0422. The molecule has 1 aliphatic carbocycles. The fourth-order valence-electron chi connectivity index (χ4n) is 2.03. The van der Waals surface area contributed by atoms with Crippen molar-refractivity contribution in [1.82, 2.24) is 0 Å². The largest absolute Gasteiger partial charge is 0.469 e. The van der Waals surface area contributed by atoms with Crippen LogP contribution in [0.1, 0.15) is 51.9 Å². The van der Waals surface area contributed by atoms with E-state index < -0.39 is 0 Å². The highest BCUT2D eigenvalue weighted by molar-refractivity contribution is 5.69. The Morgan fingerprint density at radius 2 is 2.00 bits per heavy atom. The normalized spacial score (nSPS) is 19.9. The lowest BCUT2D eigenvalue weighted by atomic mass is 9.97. The van der Waals surface area contributed by atoms with E-state index in [1.165, 1.54) is 26.4 Å². The van der Waals surface area contributed by atoms with E-state index >= 15 is 0 Å². The van der Waals surface area contributed by atoms with Gasteiger partial charge in [0.2, 0.25) is 0 Å². The predicted molar refractivity (Wildman–Crippen MR) is 58.7 cm³/mol. The van der Waals surface area contributed by atoms with Crippen LogP contribution in [0.4, 0.5) is 0 Å². The van der Waals surface area contributed by atoms with E-state index in [9.17, 15) is 4.79 Å². The summed E-state index contributed by atoms with van der Waals surface area (Å²) < 4.78 is 10.6. The third-order valence-electron chi connectivity index (χ3n) is 3.01. The Kier molecular flexibility index (Phi) is 5.69. The highest BCUT2D eigenvalue weighted by Gasteiger charge is 2.20. The van der Waals surface area contributed by atoms with E-state index in [0.717, 1.165) is 19.3 Å². The summed E-state index contributed by atoms with van der Waals surface area (Å²) in [5, 5.41) is 0. The van der Waals surface area contributed by atoms with E-state index in [1.54, 1.807) is 0 Å². The minimum atomic E-state index is -0.169. The monoisotopic (exact) mass is 214 g/mol. The molecule has 88 valence electrons. The molecule has 0 aromatic heterocycles. The lowest BCUT2D eigenvalue weighted by molar-refractivity contribution is -0.145. The highest BCUT2D eigenvalue weighted by Crippen LogP contribution is 2.23. The van der Waals surface area contributed by atoms with Crippen LogP contribution >= 0.6 is 0 Å². The first kappa shape index (κ1) is 12.5. The molecule has 0 spiro atoms. The van der Waals surface area contributed by atoms with Gasteiger partial charge in [0, 0.05) is 0 Å². The van der Waals surface area contributed by atoms with Crippen LogP contribution in [0, 0.1) is 0 Å². The Labute approximate surface area is 92.1 Å². The molecule has 0 N–H and O–H groups in total. The van der Waals surface area contributed by atoms with E-state index in [0.29, 0.717) is 12.5 Å². The van der Waals surface area contributed by atoms with Gasteiger partial charge in [0.25, 0.3) is 0 Å². The van der Waals surface area contributed by atoms with Crippen LogP contribution in [-0.2, 0) is 14.3 Å². The molecule has 1 rings (SSSR count). The van der Waals surface area contributed by atoms with Gasteiger partial charge in [-0.15, -0.1) is 0 Å². The van der Waals surface area contributed by atoms with Gasteiger partial charge in [-0.3, -0.25) is 4.79 Å². The highest BCUT2D eigenvalue weighted by atomic mass is 16.5. The lowest BCUT2D eigenvalue weighted by Crippen LogP contribution is -2.26. The van der Waals surface area contributed by atoms with Crippen LogP contribution in [-0.4, -0.2) is 25.3 Å². The Hall–Kier alpha value is -0.570. The molecule has 0 aliphatic heterocycles. The maximum Gasteiger partial charge on any atom is 0.308 e. The van der Waals surface area contributed by atoms with Crippen molar-refractivity contribution in [2.75, 3.05) is 7.11 Å². The Morgan fingerprint density at radius 3 is 2.53 bits per heavy atom. The van der Waals surface area contributed by atoms with Crippen molar-refractivity contribution in [3.8, 4) is 0 Å². The number of hydrogen-bond acceptors (Lipinski definition) is 3. The zero-order valence-electron chi connectivity index (χ0n) is 9.83. The number of ether oxygens (including phenoxy) is 2. The van der Waals surface area contributed by atoms with Gasteiger partial charge in [0.1, 0.15) is 0 Å². The van der Waals surface area contributed by atoms with E-state index in [1.807, 2.05) is 0 Å². The van der Waals surface area contributed by atoms with Crippen LogP contribution in [0.25, 0.3) is 0 Å². The second-order valence-corrected chi connectivity index (χ2v) is 4.21. The number of carbonyl (C=O) groups excluding carboxylic acids is 1. The first-order valence-corrected chi connectivity index (χ1v) is 5.98. The molecule has 0 bridgehead atoms. The van der Waals surface area contributed by atoms with Crippen molar-refractivity contribution in [2.24, 2.45) is 0 Å². The topological polar surface area (TPSA) is 35.5 Å². The van der Waals surface area contributed by atoms with Crippen LogP contribution < -0.4 is 0 Å². The molecule has 1 unspecified atom stereocenters. The fourth-order valence-corrected chi connectivity index (χ4v) is 2.03. The molecule has 3 nitrogen and oxygen atoms in total. The third kappa shape index (κ3) is 4.65. The maximum atomic E-state index is 11.1. The maximum absolute atomic E-state index is 11.1. The molecule has 0 aromatic carbocycles. The summed E-state index contributed by atoms with van der Waals surface area (Å²) in [5.41, 5.74) is 0. The van der Waals surface area contributed by atoms with Gasteiger partial charge in [-0.25, -0.2) is 0 Å². The molecular weight excluding hydrogens is 192 g/mol. The Bertz CT molecular complexity index is 185. The lowest BCUT2D eigenvalue weighted by Gasteiger charge is -2.26. The summed E-state index contributed by atoms with van der Waals surface area (Å²) in [5.74, 6) is -0.169. The van der Waals surface area contributed by atoms with Gasteiger partial charge in [-0.2, -0.15) is 0 Å². The number of methoxy groups -OCH3 is 1. The Morgan fingerprint density at radius 1 is 1.33 bits per heavy atom. The summed E-state index contributed by atoms with van der Waals surface area (Å²) in [7, 11) is 1.43. The van der Waals surface area contributed by atoms with Gasteiger partial charge in [0.05, 0.1) is 25.7 Å². The van der Waals surface area contributed by atoms with Crippen molar-refractivity contribution in [3.05, 3.63) is 0 Å². The van der Waals surface area contributed by atoms with Crippen molar-refractivity contribution >= 4 is 5.97 Å². The van der Waals surface area contributed by atoms with Gasteiger partial charge in [0.15, 0.2) is 0 Å². The molecular formula is C12H22O3. The van der Waals surface area contributed by atoms with Gasteiger partial charge >= 0.3 is 5.97 Å². The molecule has 0 saturated heterocycles. The predicted octanol–water partition coefficient (Wildman–Crippen LogP) is 2.68. The Balaban J connectivity index is 2.28. The molecule has 1 atom stereocenters. The minimum Gasteiger partial charge on any atom is -0.469 e. The quantitative estimate of drug-likeness (QED) is 0.660. The van der Waals surface area contributed by atoms with Gasteiger partial charge < -0.3 is 9.47 Å². The number of carbonyl (C=O) groups is 1. The van der Waals surface area contributed by atoms with Crippen molar-refractivity contribution in [3.63, 3.8) is 0 Å². The molecule has 3 heteroatoms. The summed E-state index contributed by atoms with van der Waals surface area (Å²) >= 11 is 0. The average molecular weight is 214 g/mol. The van der Waals surface area contributed by atoms with Crippen molar-refractivity contribution in [2.45, 2.75) is 64.1 Å². The molecule has 1 fully saturated rings. The van der Waals surface area contributed by atoms with Crippen molar-refractivity contribution in [1.29, 1.82) is 0 Å². The SMILES string of the molecule is CCC(CC(=O)OC)OC1CCCCC1. The van der Waals surface area contributed by atoms with Crippen LogP contribution in [0.15, 0.2) is 0 Å². The van der Waals surface area contributed by atoms with Crippen molar-refractivity contribution < 1.29 is 14.3 Å². The van der Waals surface area contributed by atoms with E-state index in [-0.39, 0.29) is 12.1 Å². The molecule has 0 radical (unpaired) electrons. The number of esters is 1. The molecule has 0 aromatic rings. The number of hydrogen-bond donors (Lipinski definition) is 0. The zero-order chi connectivity index (χ0) is 11.1. The van der Waals surface area contributed by atoms with Crippen LogP contribution in [0.5, 0.6) is 0 Å². The van der Waals surface area contributed by atoms with E-state index in [4.69, 9.17) is 4.74 Å². The molecule has 0 heterocycles. The molecule has 15 heavy (non-hydrogen) atoms. The number of rotatable bonds is 5. The van der Waals surface area contributed by atoms with Crippen LogP contribution in [0.2, 0.25) is 0 Å². The third-order valence-corrected chi connectivity index (χ3v) is 3.01. The second-order valence-electron chi connectivity index (χ2n) is 4.21. The second kappa shape index (κ2) is 6.83. The van der Waals surface area contributed by atoms with E-state index in [2.05, 4.69) is 11.7 Å².